The lowest BCUT2D eigenvalue weighted by molar-refractivity contribution is 1.22. The van der Waals surface area contributed by atoms with Gasteiger partial charge in [0, 0.05) is 8.45 Å². The standard InChI is InChI=1S/C11H5Br2Cl2IS/c12-10(9-4-7(15)11(13)17-9)5-1-2-8(16)6(14)3-5/h1-4,10H. The molecule has 6 heteroatoms. The van der Waals surface area contributed by atoms with Gasteiger partial charge < -0.3 is 0 Å². The van der Waals surface area contributed by atoms with E-state index in [9.17, 15) is 0 Å². The van der Waals surface area contributed by atoms with Crippen molar-refractivity contribution in [1.29, 1.82) is 0 Å². The molecule has 90 valence electrons. The SMILES string of the molecule is Clc1cc(C(Br)c2cc(Cl)c(Br)s2)ccc1I. The van der Waals surface area contributed by atoms with Crippen LogP contribution in [0.5, 0.6) is 0 Å². The highest BCUT2D eigenvalue weighted by Crippen LogP contribution is 2.41. The Balaban J connectivity index is 2.36. The van der Waals surface area contributed by atoms with Crippen molar-refractivity contribution < 1.29 is 0 Å². The Morgan fingerprint density at radius 3 is 2.41 bits per heavy atom. The number of alkyl halides is 1. The van der Waals surface area contributed by atoms with E-state index in [1.54, 1.807) is 11.3 Å². The average molecular weight is 527 g/mol. The van der Waals surface area contributed by atoms with Gasteiger partial charge in [-0.3, -0.25) is 0 Å². The van der Waals surface area contributed by atoms with Crippen LogP contribution < -0.4 is 0 Å². The summed E-state index contributed by atoms with van der Waals surface area (Å²) in [6, 6.07) is 8.01. The predicted molar refractivity (Wildman–Crippen MR) is 92.0 cm³/mol. The number of benzene rings is 1. The third kappa shape index (κ3) is 3.39. The molecule has 2 rings (SSSR count). The van der Waals surface area contributed by atoms with Gasteiger partial charge in [-0.25, -0.2) is 0 Å². The molecule has 0 aliphatic carbocycles. The first-order valence-corrected chi connectivity index (χ1v) is 8.88. The van der Waals surface area contributed by atoms with Crippen molar-refractivity contribution >= 4 is 89.0 Å². The Kier molecular flexibility index (Phi) is 5.23. The van der Waals surface area contributed by atoms with Gasteiger partial charge in [0.05, 0.1) is 18.7 Å². The molecule has 0 aliphatic rings. The molecule has 2 aromatic rings. The second-order valence-corrected chi connectivity index (χ2v) is 8.60. The van der Waals surface area contributed by atoms with E-state index >= 15 is 0 Å². The second kappa shape index (κ2) is 6.09. The molecular formula is C11H5Br2Cl2IS. The first kappa shape index (κ1) is 14.6. The molecule has 0 N–H and O–H groups in total. The van der Waals surface area contributed by atoms with Crippen molar-refractivity contribution in [3.05, 3.63) is 52.1 Å². The summed E-state index contributed by atoms with van der Waals surface area (Å²) in [6.45, 7) is 0. The van der Waals surface area contributed by atoms with E-state index in [-0.39, 0.29) is 4.83 Å². The predicted octanol–water partition coefficient (Wildman–Crippen LogP) is 6.91. The molecule has 0 fully saturated rings. The van der Waals surface area contributed by atoms with Crippen LogP contribution in [0.15, 0.2) is 28.1 Å². The number of hydrogen-bond acceptors (Lipinski definition) is 1. The molecule has 0 saturated carbocycles. The topological polar surface area (TPSA) is 0 Å². The molecular weight excluding hydrogens is 522 g/mol. The monoisotopic (exact) mass is 524 g/mol. The van der Waals surface area contributed by atoms with Gasteiger partial charge in [-0.1, -0.05) is 45.2 Å². The van der Waals surface area contributed by atoms with Crippen molar-refractivity contribution in [2.24, 2.45) is 0 Å². The average Bonchev–Trinajstić information content (AvgIpc) is 2.62. The van der Waals surface area contributed by atoms with Crippen LogP contribution in [0.4, 0.5) is 0 Å². The van der Waals surface area contributed by atoms with E-state index in [0.29, 0.717) is 0 Å². The van der Waals surface area contributed by atoms with Gasteiger partial charge >= 0.3 is 0 Å². The van der Waals surface area contributed by atoms with E-state index in [1.807, 2.05) is 18.2 Å². The van der Waals surface area contributed by atoms with Crippen LogP contribution in [0.25, 0.3) is 0 Å². The summed E-state index contributed by atoms with van der Waals surface area (Å²) in [4.78, 5) is 1.27. The Morgan fingerprint density at radius 1 is 1.18 bits per heavy atom. The summed E-state index contributed by atoms with van der Waals surface area (Å²) in [5.41, 5.74) is 1.13. The summed E-state index contributed by atoms with van der Waals surface area (Å²) in [7, 11) is 0. The molecule has 0 aliphatic heterocycles. The molecule has 1 aromatic carbocycles. The minimum absolute atomic E-state index is 0.116. The largest absolute Gasteiger partial charge is 0.130 e. The first-order valence-electron chi connectivity index (χ1n) is 4.53. The maximum atomic E-state index is 6.12. The summed E-state index contributed by atoms with van der Waals surface area (Å²) >= 11 is 23.1. The van der Waals surface area contributed by atoms with Crippen LogP contribution in [0.2, 0.25) is 10.0 Å². The number of halogens is 5. The molecule has 0 nitrogen and oxygen atoms in total. The van der Waals surface area contributed by atoms with E-state index in [1.165, 1.54) is 0 Å². The Hall–Kier alpha value is 1.19. The third-order valence-electron chi connectivity index (χ3n) is 2.15. The number of thiophene rings is 1. The van der Waals surface area contributed by atoms with Crippen LogP contribution >= 0.6 is 89.0 Å². The normalized spacial score (nSPS) is 12.8. The summed E-state index contributed by atoms with van der Waals surface area (Å²) in [5.74, 6) is 0. The minimum atomic E-state index is 0.116. The molecule has 1 atom stereocenters. The van der Waals surface area contributed by atoms with E-state index < -0.39 is 0 Å². The zero-order valence-corrected chi connectivity index (χ0v) is 15.8. The minimum Gasteiger partial charge on any atom is -0.130 e. The van der Waals surface area contributed by atoms with Gasteiger partial charge in [-0.15, -0.1) is 11.3 Å². The molecule has 1 heterocycles. The first-order chi connectivity index (χ1) is 7.99. The summed E-state index contributed by atoms with van der Waals surface area (Å²) in [5, 5.41) is 1.51. The van der Waals surface area contributed by atoms with Crippen molar-refractivity contribution in [3.63, 3.8) is 0 Å². The molecule has 1 aromatic heterocycles. The fraction of sp³-hybridized carbons (Fsp3) is 0.0909. The van der Waals surface area contributed by atoms with E-state index in [0.717, 1.165) is 27.8 Å². The lowest BCUT2D eigenvalue weighted by atomic mass is 10.1. The van der Waals surface area contributed by atoms with Crippen molar-refractivity contribution in [2.45, 2.75) is 4.83 Å². The zero-order chi connectivity index (χ0) is 12.6. The van der Waals surface area contributed by atoms with Crippen LogP contribution in [-0.4, -0.2) is 0 Å². The molecule has 0 radical (unpaired) electrons. The van der Waals surface area contributed by atoms with Gasteiger partial charge in [-0.05, 0) is 62.3 Å². The fourth-order valence-electron chi connectivity index (χ4n) is 1.32. The van der Waals surface area contributed by atoms with Crippen LogP contribution in [0.3, 0.4) is 0 Å². The second-order valence-electron chi connectivity index (χ2n) is 3.31. The highest BCUT2D eigenvalue weighted by Gasteiger charge is 2.15. The number of rotatable bonds is 2. The van der Waals surface area contributed by atoms with Crippen LogP contribution in [0.1, 0.15) is 15.3 Å². The Labute approximate surface area is 144 Å². The smallest absolute Gasteiger partial charge is 0.0887 e. The molecule has 0 spiro atoms. The molecule has 1 unspecified atom stereocenters. The van der Waals surface area contributed by atoms with Gasteiger partial charge in [0.15, 0.2) is 0 Å². The maximum Gasteiger partial charge on any atom is 0.0887 e. The highest BCUT2D eigenvalue weighted by atomic mass is 127. The molecule has 0 amide bonds. The molecule has 0 bridgehead atoms. The Morgan fingerprint density at radius 2 is 1.88 bits per heavy atom. The van der Waals surface area contributed by atoms with Crippen molar-refractivity contribution in [2.75, 3.05) is 0 Å². The molecule has 0 saturated heterocycles. The lowest BCUT2D eigenvalue weighted by Crippen LogP contribution is -1.90. The lowest BCUT2D eigenvalue weighted by Gasteiger charge is -2.09. The Bertz CT molecular complexity index is 537. The van der Waals surface area contributed by atoms with Crippen LogP contribution in [-0.2, 0) is 0 Å². The van der Waals surface area contributed by atoms with Crippen molar-refractivity contribution in [1.82, 2.24) is 0 Å². The number of hydrogen-bond donors (Lipinski definition) is 0. The van der Waals surface area contributed by atoms with Crippen LogP contribution in [0, 0.1) is 3.57 Å². The maximum absolute atomic E-state index is 6.12. The van der Waals surface area contributed by atoms with Gasteiger partial charge in [0.1, 0.15) is 0 Å². The van der Waals surface area contributed by atoms with E-state index in [4.69, 9.17) is 23.2 Å². The van der Waals surface area contributed by atoms with Crippen molar-refractivity contribution in [3.8, 4) is 0 Å². The third-order valence-corrected chi connectivity index (χ3v) is 7.59. The van der Waals surface area contributed by atoms with Gasteiger partial charge in [0.2, 0.25) is 0 Å². The zero-order valence-electron chi connectivity index (χ0n) is 8.18. The van der Waals surface area contributed by atoms with Gasteiger partial charge in [0.25, 0.3) is 0 Å². The quantitative estimate of drug-likeness (QED) is 0.295. The van der Waals surface area contributed by atoms with Gasteiger partial charge in [-0.2, -0.15) is 0 Å². The van der Waals surface area contributed by atoms with E-state index in [2.05, 4.69) is 60.5 Å². The molecule has 17 heavy (non-hydrogen) atoms. The summed E-state index contributed by atoms with van der Waals surface area (Å²) < 4.78 is 2.01. The highest BCUT2D eigenvalue weighted by molar-refractivity contribution is 14.1. The summed E-state index contributed by atoms with van der Waals surface area (Å²) in [6.07, 6.45) is 0. The fourth-order valence-corrected chi connectivity index (χ4v) is 4.30.